The Morgan fingerprint density at radius 3 is 1.59 bits per heavy atom. The number of hydrogen-bond donors (Lipinski definition) is 0. The van der Waals surface area contributed by atoms with E-state index in [1.165, 1.54) is 126 Å². The molecule has 308 valence electrons. The first-order chi connectivity index (χ1) is 31.4. The summed E-state index contributed by atoms with van der Waals surface area (Å²) in [6.07, 6.45) is 6.99. The maximum atomic E-state index is 2.64. The zero-order valence-electron chi connectivity index (χ0n) is 36.7. The molecule has 4 bridgehead atoms. The minimum Gasteiger partial charge on any atom is -0.310 e. The van der Waals surface area contributed by atoms with E-state index in [0.29, 0.717) is 11.8 Å². The maximum Gasteiger partial charge on any atom is 0.0465 e. The zero-order chi connectivity index (χ0) is 42.3. The molecule has 64 heavy (non-hydrogen) atoms. The lowest BCUT2D eigenvalue weighted by Gasteiger charge is -2.61. The van der Waals surface area contributed by atoms with Gasteiger partial charge in [-0.2, -0.15) is 0 Å². The van der Waals surface area contributed by atoms with Crippen molar-refractivity contribution < 1.29 is 0 Å². The Hall–Kier alpha value is -6.70. The summed E-state index contributed by atoms with van der Waals surface area (Å²) in [7, 11) is 0. The number of hydrogen-bond acceptors (Lipinski definition) is 1. The molecule has 0 heterocycles. The lowest BCUT2D eigenvalue weighted by molar-refractivity contribution is -0.0399. The van der Waals surface area contributed by atoms with Gasteiger partial charge in [0.15, 0.2) is 0 Å². The Kier molecular flexibility index (Phi) is 7.70. The second-order valence-electron chi connectivity index (χ2n) is 20.5. The Balaban J connectivity index is 0.925. The van der Waals surface area contributed by atoms with Crippen molar-refractivity contribution in [3.63, 3.8) is 0 Å². The monoisotopic (exact) mass is 821 g/mol. The largest absolute Gasteiger partial charge is 0.310 e. The number of rotatable bonds is 5. The molecule has 15 rings (SSSR count). The van der Waals surface area contributed by atoms with Crippen LogP contribution >= 0.6 is 0 Å². The summed E-state index contributed by atoms with van der Waals surface area (Å²) in [6.45, 7) is 4.79. The van der Waals surface area contributed by atoms with E-state index in [4.69, 9.17) is 0 Å². The highest BCUT2D eigenvalue weighted by Gasteiger charge is 2.61. The van der Waals surface area contributed by atoms with E-state index in [1.54, 1.807) is 11.1 Å². The Morgan fingerprint density at radius 1 is 0.375 bits per heavy atom. The van der Waals surface area contributed by atoms with Crippen LogP contribution in [-0.2, 0) is 10.8 Å². The fraction of sp³-hybridized carbons (Fsp3) is 0.206. The molecule has 0 unspecified atom stereocenters. The molecule has 1 nitrogen and oxygen atoms in total. The van der Waals surface area contributed by atoms with E-state index in [2.05, 4.69) is 207 Å². The summed E-state index contributed by atoms with van der Waals surface area (Å²) in [5.74, 6) is 3.25. The molecule has 9 aromatic carbocycles. The SMILES string of the molecule is CC1(C)c2ccccc2-c2cccc(-c3ccc(N(c4ccc(-c5cc6ccccc6c6ccccc56)cc4)c4ccc5c(c4)C4(c6ccccc6-5)C5CC6CC(C5)CC4C6)cc3)c21. The van der Waals surface area contributed by atoms with Crippen molar-refractivity contribution in [1.82, 2.24) is 0 Å². The quantitative estimate of drug-likeness (QED) is 0.156. The van der Waals surface area contributed by atoms with Crippen LogP contribution in [0.3, 0.4) is 0 Å². The van der Waals surface area contributed by atoms with Crippen LogP contribution in [-0.4, -0.2) is 0 Å². The molecule has 0 atom stereocenters. The van der Waals surface area contributed by atoms with Crippen LogP contribution < -0.4 is 4.90 Å². The molecule has 0 saturated heterocycles. The first-order valence-corrected chi connectivity index (χ1v) is 23.8. The number of anilines is 3. The lowest BCUT2D eigenvalue weighted by atomic mass is 9.43. The second-order valence-corrected chi connectivity index (χ2v) is 20.5. The van der Waals surface area contributed by atoms with Crippen molar-refractivity contribution in [3.05, 3.63) is 210 Å². The van der Waals surface area contributed by atoms with Crippen LogP contribution in [0.15, 0.2) is 188 Å². The minimum absolute atomic E-state index is 0.0821. The first kappa shape index (κ1) is 36.8. The molecule has 0 N–H and O–H groups in total. The smallest absolute Gasteiger partial charge is 0.0465 e. The average molecular weight is 822 g/mol. The molecule has 1 heteroatoms. The van der Waals surface area contributed by atoms with Crippen molar-refractivity contribution in [2.45, 2.75) is 56.8 Å². The number of fused-ring (bicyclic) bond motifs is 9. The van der Waals surface area contributed by atoms with Crippen molar-refractivity contribution >= 4 is 38.6 Å². The Morgan fingerprint density at radius 2 is 0.891 bits per heavy atom. The van der Waals surface area contributed by atoms with Crippen LogP contribution in [0.4, 0.5) is 17.1 Å². The molecule has 9 aromatic rings. The van der Waals surface area contributed by atoms with Gasteiger partial charge in [-0.25, -0.2) is 0 Å². The van der Waals surface area contributed by atoms with Crippen molar-refractivity contribution in [3.8, 4) is 44.5 Å². The third kappa shape index (κ3) is 5.02. The summed E-state index contributed by atoms with van der Waals surface area (Å²) in [5.41, 5.74) is 20.4. The second kappa shape index (κ2) is 13.4. The predicted octanol–water partition coefficient (Wildman–Crippen LogP) is 16.8. The van der Waals surface area contributed by atoms with Crippen LogP contribution in [0.5, 0.6) is 0 Å². The minimum atomic E-state index is -0.0821. The summed E-state index contributed by atoms with van der Waals surface area (Å²) in [6, 6.07) is 71.9. The standard InChI is InChI=1S/C63H51N/c1-62(2)58-20-9-7-17-54(58)56-19-11-18-50(61(56)62)41-22-26-46(27-23-41)64(47-28-24-42(25-29-47)57-37-43-12-3-4-13-49(43)51-14-5-6-15-52(51)57)48-30-31-55-53-16-8-10-21-59(53)63(60(55)38-48)44-33-39-32-40(35-44)36-45(63)34-39/h3-31,37-40,44-45H,32-36H2,1-2H3. The molecular formula is C63H51N. The van der Waals surface area contributed by atoms with Crippen LogP contribution in [0.2, 0.25) is 0 Å². The fourth-order valence-corrected chi connectivity index (χ4v) is 14.7. The van der Waals surface area contributed by atoms with Gasteiger partial charge in [0.1, 0.15) is 0 Å². The van der Waals surface area contributed by atoms with Crippen molar-refractivity contribution in [2.24, 2.45) is 23.7 Å². The van der Waals surface area contributed by atoms with E-state index in [1.807, 2.05) is 0 Å². The third-order valence-electron chi connectivity index (χ3n) is 17.0. The van der Waals surface area contributed by atoms with Gasteiger partial charge in [0.25, 0.3) is 0 Å². The lowest BCUT2D eigenvalue weighted by Crippen LogP contribution is -2.55. The molecule has 0 aromatic heterocycles. The highest BCUT2D eigenvalue weighted by molar-refractivity contribution is 6.13. The predicted molar refractivity (Wildman–Crippen MR) is 268 cm³/mol. The van der Waals surface area contributed by atoms with Gasteiger partial charge < -0.3 is 4.90 Å². The van der Waals surface area contributed by atoms with E-state index in [-0.39, 0.29) is 10.8 Å². The Labute approximate surface area is 377 Å². The van der Waals surface area contributed by atoms with Gasteiger partial charge in [-0.3, -0.25) is 0 Å². The zero-order valence-corrected chi connectivity index (χ0v) is 36.7. The number of nitrogens with zero attached hydrogens (tertiary/aromatic N) is 1. The molecule has 0 radical (unpaired) electrons. The summed E-state index contributed by atoms with van der Waals surface area (Å²) >= 11 is 0. The van der Waals surface area contributed by atoms with Crippen molar-refractivity contribution in [1.29, 1.82) is 0 Å². The summed E-state index contributed by atoms with van der Waals surface area (Å²) in [5, 5.41) is 5.17. The van der Waals surface area contributed by atoms with Gasteiger partial charge in [-0.05, 0) is 187 Å². The fourth-order valence-electron chi connectivity index (χ4n) is 14.7. The van der Waals surface area contributed by atoms with E-state index < -0.39 is 0 Å². The summed E-state index contributed by atoms with van der Waals surface area (Å²) < 4.78 is 0. The molecule has 1 spiro atoms. The molecule has 6 aliphatic rings. The van der Waals surface area contributed by atoms with E-state index in [9.17, 15) is 0 Å². The average Bonchev–Trinajstić information content (AvgIpc) is 3.76. The molecule has 0 amide bonds. The van der Waals surface area contributed by atoms with E-state index >= 15 is 0 Å². The van der Waals surface area contributed by atoms with Gasteiger partial charge in [0.05, 0.1) is 0 Å². The highest BCUT2D eigenvalue weighted by Crippen LogP contribution is 2.69. The van der Waals surface area contributed by atoms with Crippen LogP contribution in [0.1, 0.15) is 68.2 Å². The molecule has 6 aliphatic carbocycles. The Bertz CT molecular complexity index is 3340. The normalized spacial score (nSPS) is 22.7. The topological polar surface area (TPSA) is 3.24 Å². The highest BCUT2D eigenvalue weighted by atomic mass is 15.1. The third-order valence-corrected chi connectivity index (χ3v) is 17.0. The molecule has 4 fully saturated rings. The molecular weight excluding hydrogens is 771 g/mol. The van der Waals surface area contributed by atoms with Crippen LogP contribution in [0, 0.1) is 23.7 Å². The van der Waals surface area contributed by atoms with Crippen molar-refractivity contribution in [2.75, 3.05) is 4.90 Å². The maximum absolute atomic E-state index is 2.64. The van der Waals surface area contributed by atoms with Gasteiger partial charge in [-0.1, -0.05) is 159 Å². The van der Waals surface area contributed by atoms with E-state index in [0.717, 1.165) is 11.8 Å². The van der Waals surface area contributed by atoms with Gasteiger partial charge in [0, 0.05) is 27.9 Å². The molecule has 0 aliphatic heterocycles. The van der Waals surface area contributed by atoms with Gasteiger partial charge >= 0.3 is 0 Å². The van der Waals surface area contributed by atoms with Gasteiger partial charge in [-0.15, -0.1) is 0 Å². The van der Waals surface area contributed by atoms with Crippen LogP contribution in [0.25, 0.3) is 66.1 Å². The number of benzene rings is 9. The first-order valence-electron chi connectivity index (χ1n) is 23.8. The summed E-state index contributed by atoms with van der Waals surface area (Å²) in [4.78, 5) is 2.54. The van der Waals surface area contributed by atoms with Gasteiger partial charge in [0.2, 0.25) is 0 Å². The molecule has 4 saturated carbocycles.